The van der Waals surface area contributed by atoms with Crippen molar-refractivity contribution in [3.8, 4) is 0 Å². The summed E-state index contributed by atoms with van der Waals surface area (Å²) < 4.78 is 13.0. The molecule has 0 bridgehead atoms. The molecule has 1 N–H and O–H groups in total. The molecular weight excluding hydrogens is 329 g/mol. The predicted octanol–water partition coefficient (Wildman–Crippen LogP) is 2.14. The summed E-state index contributed by atoms with van der Waals surface area (Å²) in [5, 5.41) is 3.55. The van der Waals surface area contributed by atoms with Crippen molar-refractivity contribution in [2.24, 2.45) is 0 Å². The van der Waals surface area contributed by atoms with Gasteiger partial charge in [-0.3, -0.25) is 9.59 Å². The van der Waals surface area contributed by atoms with Gasteiger partial charge in [-0.05, 0) is 31.5 Å². The average Bonchev–Trinajstić information content (AvgIpc) is 2.92. The molecule has 2 heterocycles. The number of nitrogens with zero attached hydrogens (tertiary/aromatic N) is 2. The minimum Gasteiger partial charge on any atom is -0.353 e. The van der Waals surface area contributed by atoms with E-state index in [0.29, 0.717) is 30.1 Å². The fraction of sp³-hybridized carbons (Fsp3) is 0.353. The number of halogens is 1. The third kappa shape index (κ3) is 3.31. The highest BCUT2D eigenvalue weighted by molar-refractivity contribution is 7.13. The standard InChI is InChI=1S/C17H18FN3O2S/c1-10-15(17(23)21-8-7-19-16(22)11(21)2)24-14(20-10)9-12-3-5-13(18)6-4-12/h3-6,11H,7-9H2,1-2H3,(H,19,22). The summed E-state index contributed by atoms with van der Waals surface area (Å²) in [6.07, 6.45) is 0.551. The Morgan fingerprint density at radius 1 is 1.42 bits per heavy atom. The lowest BCUT2D eigenvalue weighted by Crippen LogP contribution is -2.55. The SMILES string of the molecule is Cc1nc(Cc2ccc(F)cc2)sc1C(=O)N1CCNC(=O)C1C. The molecule has 1 unspecified atom stereocenters. The summed E-state index contributed by atoms with van der Waals surface area (Å²) in [5.41, 5.74) is 1.61. The van der Waals surface area contributed by atoms with E-state index in [0.717, 1.165) is 10.6 Å². The Morgan fingerprint density at radius 2 is 2.12 bits per heavy atom. The molecule has 1 aliphatic rings. The summed E-state index contributed by atoms with van der Waals surface area (Å²) in [5.74, 6) is -0.566. The maximum absolute atomic E-state index is 13.0. The first kappa shape index (κ1) is 16.6. The molecule has 2 amide bonds. The van der Waals surface area contributed by atoms with Crippen molar-refractivity contribution in [1.29, 1.82) is 0 Å². The molecule has 1 aliphatic heterocycles. The van der Waals surface area contributed by atoms with Gasteiger partial charge < -0.3 is 10.2 Å². The van der Waals surface area contributed by atoms with Gasteiger partial charge in [0, 0.05) is 19.5 Å². The second-order valence-electron chi connectivity index (χ2n) is 5.79. The smallest absolute Gasteiger partial charge is 0.266 e. The summed E-state index contributed by atoms with van der Waals surface area (Å²) >= 11 is 1.34. The van der Waals surface area contributed by atoms with E-state index < -0.39 is 6.04 Å². The van der Waals surface area contributed by atoms with Gasteiger partial charge >= 0.3 is 0 Å². The largest absolute Gasteiger partial charge is 0.353 e. The number of carbonyl (C=O) groups excluding carboxylic acids is 2. The molecule has 2 aromatic rings. The van der Waals surface area contributed by atoms with Gasteiger partial charge in [0.1, 0.15) is 16.7 Å². The van der Waals surface area contributed by atoms with Crippen LogP contribution in [0.1, 0.15) is 32.9 Å². The number of hydrogen-bond acceptors (Lipinski definition) is 4. The number of hydrogen-bond donors (Lipinski definition) is 1. The summed E-state index contributed by atoms with van der Waals surface area (Å²) in [4.78, 5) is 31.1. The van der Waals surface area contributed by atoms with Crippen LogP contribution in [0.3, 0.4) is 0 Å². The fourth-order valence-electron chi connectivity index (χ4n) is 2.69. The van der Waals surface area contributed by atoms with E-state index in [9.17, 15) is 14.0 Å². The summed E-state index contributed by atoms with van der Waals surface area (Å²) in [7, 11) is 0. The van der Waals surface area contributed by atoms with E-state index in [4.69, 9.17) is 0 Å². The van der Waals surface area contributed by atoms with Crippen LogP contribution in [0.25, 0.3) is 0 Å². The van der Waals surface area contributed by atoms with Crippen molar-refractivity contribution in [3.05, 3.63) is 51.2 Å². The van der Waals surface area contributed by atoms with Gasteiger partial charge in [0.15, 0.2) is 0 Å². The van der Waals surface area contributed by atoms with E-state index in [1.54, 1.807) is 30.9 Å². The van der Waals surface area contributed by atoms with Gasteiger partial charge in [0.05, 0.1) is 10.7 Å². The Balaban J connectivity index is 1.79. The third-order valence-electron chi connectivity index (χ3n) is 4.06. The summed E-state index contributed by atoms with van der Waals surface area (Å²) in [6.45, 7) is 4.49. The number of carbonyl (C=O) groups is 2. The van der Waals surface area contributed by atoms with Gasteiger partial charge in [0.25, 0.3) is 5.91 Å². The van der Waals surface area contributed by atoms with Crippen LogP contribution in [0.4, 0.5) is 4.39 Å². The molecule has 126 valence electrons. The highest BCUT2D eigenvalue weighted by atomic mass is 32.1. The maximum Gasteiger partial charge on any atom is 0.266 e. The summed E-state index contributed by atoms with van der Waals surface area (Å²) in [6, 6.07) is 5.77. The minimum absolute atomic E-state index is 0.136. The Kier molecular flexibility index (Phi) is 4.62. The molecule has 1 aromatic heterocycles. The first-order chi connectivity index (χ1) is 11.5. The van der Waals surface area contributed by atoms with Crippen molar-refractivity contribution in [1.82, 2.24) is 15.2 Å². The average molecular weight is 347 g/mol. The molecule has 1 fully saturated rings. The molecule has 0 aliphatic carbocycles. The number of aromatic nitrogens is 1. The van der Waals surface area contributed by atoms with Crippen LogP contribution >= 0.6 is 11.3 Å². The molecule has 24 heavy (non-hydrogen) atoms. The lowest BCUT2D eigenvalue weighted by atomic mass is 10.1. The van der Waals surface area contributed by atoms with Crippen LogP contribution in [0.15, 0.2) is 24.3 Å². The number of thiazole rings is 1. The zero-order valence-corrected chi connectivity index (χ0v) is 14.3. The van der Waals surface area contributed by atoms with Crippen molar-refractivity contribution in [2.45, 2.75) is 26.3 Å². The number of piperazine rings is 1. The van der Waals surface area contributed by atoms with Gasteiger partial charge in [-0.1, -0.05) is 12.1 Å². The monoisotopic (exact) mass is 347 g/mol. The Labute approximate surface area is 143 Å². The molecule has 3 rings (SSSR count). The number of rotatable bonds is 3. The number of amides is 2. The second-order valence-corrected chi connectivity index (χ2v) is 6.87. The quantitative estimate of drug-likeness (QED) is 0.925. The van der Waals surface area contributed by atoms with Crippen molar-refractivity contribution in [3.63, 3.8) is 0 Å². The lowest BCUT2D eigenvalue weighted by Gasteiger charge is -2.32. The van der Waals surface area contributed by atoms with Crippen LogP contribution in [0.2, 0.25) is 0 Å². The number of nitrogens with one attached hydrogen (secondary N) is 1. The molecule has 0 radical (unpaired) electrons. The zero-order valence-electron chi connectivity index (χ0n) is 13.5. The predicted molar refractivity (Wildman–Crippen MR) is 89.6 cm³/mol. The molecular formula is C17H18FN3O2S. The van der Waals surface area contributed by atoms with Crippen LogP contribution in [-0.2, 0) is 11.2 Å². The normalized spacial score (nSPS) is 17.7. The first-order valence-corrected chi connectivity index (χ1v) is 8.57. The molecule has 1 aromatic carbocycles. The fourth-order valence-corrected chi connectivity index (χ4v) is 3.75. The van der Waals surface area contributed by atoms with E-state index >= 15 is 0 Å². The van der Waals surface area contributed by atoms with Gasteiger partial charge in [0.2, 0.25) is 5.91 Å². The first-order valence-electron chi connectivity index (χ1n) is 7.75. The van der Waals surface area contributed by atoms with Crippen LogP contribution in [0, 0.1) is 12.7 Å². The third-order valence-corrected chi connectivity index (χ3v) is 5.21. The van der Waals surface area contributed by atoms with Crippen molar-refractivity contribution >= 4 is 23.2 Å². The van der Waals surface area contributed by atoms with E-state index in [1.807, 2.05) is 0 Å². The highest BCUT2D eigenvalue weighted by Gasteiger charge is 2.31. The van der Waals surface area contributed by atoms with E-state index in [1.165, 1.54) is 23.5 Å². The zero-order chi connectivity index (χ0) is 17.3. The Morgan fingerprint density at radius 3 is 2.83 bits per heavy atom. The lowest BCUT2D eigenvalue weighted by molar-refractivity contribution is -0.127. The topological polar surface area (TPSA) is 62.3 Å². The van der Waals surface area contributed by atoms with Gasteiger partial charge in [-0.2, -0.15) is 0 Å². The Hall–Kier alpha value is -2.28. The molecule has 7 heteroatoms. The molecule has 5 nitrogen and oxygen atoms in total. The van der Waals surface area contributed by atoms with Gasteiger partial charge in [-0.15, -0.1) is 11.3 Å². The molecule has 0 spiro atoms. The molecule has 0 saturated carbocycles. The number of aryl methyl sites for hydroxylation is 1. The van der Waals surface area contributed by atoms with E-state index in [-0.39, 0.29) is 17.6 Å². The molecule has 1 atom stereocenters. The Bertz CT molecular complexity index is 773. The van der Waals surface area contributed by atoms with Crippen LogP contribution < -0.4 is 5.32 Å². The maximum atomic E-state index is 13.0. The molecule has 1 saturated heterocycles. The minimum atomic E-state index is -0.478. The number of benzene rings is 1. The van der Waals surface area contributed by atoms with Crippen LogP contribution in [0.5, 0.6) is 0 Å². The van der Waals surface area contributed by atoms with E-state index in [2.05, 4.69) is 10.3 Å². The van der Waals surface area contributed by atoms with Gasteiger partial charge in [-0.25, -0.2) is 9.37 Å². The van der Waals surface area contributed by atoms with Crippen molar-refractivity contribution in [2.75, 3.05) is 13.1 Å². The highest BCUT2D eigenvalue weighted by Crippen LogP contribution is 2.24. The van der Waals surface area contributed by atoms with Crippen LogP contribution in [-0.4, -0.2) is 40.8 Å². The van der Waals surface area contributed by atoms with Crippen molar-refractivity contribution < 1.29 is 14.0 Å². The second kappa shape index (κ2) is 6.68.